The molecule has 2 rings (SSSR count). The largest absolute Gasteiger partial charge is 0.389 e. The Bertz CT molecular complexity index is 437. The maximum atomic E-state index is 9.54. The Morgan fingerprint density at radius 2 is 1.94 bits per heavy atom. The van der Waals surface area contributed by atoms with Crippen LogP contribution in [-0.4, -0.2) is 41.3 Å². The van der Waals surface area contributed by atoms with Gasteiger partial charge >= 0.3 is 0 Å². The number of β-amino-alcohol motifs (C(OH)–C–C–N with tert-alkyl or cyclic N) is 2. The molecule has 0 saturated carbocycles. The number of anilines is 1. The summed E-state index contributed by atoms with van der Waals surface area (Å²) in [4.78, 5) is 1.85. The molecule has 0 aliphatic carbocycles. The standard InChI is InChI=1S/C12H17N3O2/c1-7-2-3-9(8(4-7)12(13)14)15-5-10(16)11(17)6-15/h2-4,10-11,16-17H,5-6H2,1H3,(H3,13,14). The summed E-state index contributed by atoms with van der Waals surface area (Å²) in [6.07, 6.45) is -1.48. The fourth-order valence-corrected chi connectivity index (χ4v) is 2.11. The third kappa shape index (κ3) is 2.25. The number of hydrogen-bond acceptors (Lipinski definition) is 4. The van der Waals surface area contributed by atoms with E-state index in [4.69, 9.17) is 11.1 Å². The molecule has 1 aromatic carbocycles. The SMILES string of the molecule is Cc1ccc(N2CC(O)C(O)C2)c(C(=N)N)c1. The molecule has 1 aromatic rings. The number of benzene rings is 1. The van der Waals surface area contributed by atoms with Crippen LogP contribution in [0.5, 0.6) is 0 Å². The molecule has 0 aromatic heterocycles. The number of nitrogens with two attached hydrogens (primary N) is 1. The summed E-state index contributed by atoms with van der Waals surface area (Å²) in [5.41, 5.74) is 8.01. The van der Waals surface area contributed by atoms with Gasteiger partial charge in [-0.25, -0.2) is 0 Å². The summed E-state index contributed by atoms with van der Waals surface area (Å²) in [5, 5.41) is 26.6. The molecule has 0 bridgehead atoms. The van der Waals surface area contributed by atoms with E-state index in [0.29, 0.717) is 18.7 Å². The van der Waals surface area contributed by atoms with Crippen molar-refractivity contribution in [2.24, 2.45) is 5.73 Å². The summed E-state index contributed by atoms with van der Waals surface area (Å²) in [6, 6.07) is 5.64. The van der Waals surface area contributed by atoms with Crippen LogP contribution < -0.4 is 10.6 Å². The molecule has 0 spiro atoms. The number of nitrogen functional groups attached to an aromatic ring is 1. The highest BCUT2D eigenvalue weighted by molar-refractivity contribution is 6.00. The molecular formula is C12H17N3O2. The zero-order valence-electron chi connectivity index (χ0n) is 9.72. The van der Waals surface area contributed by atoms with Crippen LogP contribution in [0, 0.1) is 12.3 Å². The van der Waals surface area contributed by atoms with E-state index in [1.165, 1.54) is 0 Å². The molecule has 17 heavy (non-hydrogen) atoms. The van der Waals surface area contributed by atoms with Gasteiger partial charge in [0.1, 0.15) is 5.84 Å². The molecule has 5 heteroatoms. The number of amidine groups is 1. The molecule has 0 amide bonds. The lowest BCUT2D eigenvalue weighted by molar-refractivity contribution is 0.0572. The van der Waals surface area contributed by atoms with E-state index in [-0.39, 0.29) is 5.84 Å². The van der Waals surface area contributed by atoms with Crippen LogP contribution >= 0.6 is 0 Å². The summed E-state index contributed by atoms with van der Waals surface area (Å²) in [5.74, 6) is -0.000389. The average Bonchev–Trinajstić information content (AvgIpc) is 2.59. The zero-order valence-corrected chi connectivity index (χ0v) is 9.72. The number of aryl methyl sites for hydroxylation is 1. The molecule has 5 N–H and O–H groups in total. The quantitative estimate of drug-likeness (QED) is 0.422. The lowest BCUT2D eigenvalue weighted by atomic mass is 10.1. The Morgan fingerprint density at radius 3 is 2.47 bits per heavy atom. The molecule has 1 heterocycles. The predicted molar refractivity (Wildman–Crippen MR) is 66.4 cm³/mol. The predicted octanol–water partition coefficient (Wildman–Crippen LogP) is -0.179. The van der Waals surface area contributed by atoms with Gasteiger partial charge in [0.25, 0.3) is 0 Å². The number of rotatable bonds is 2. The molecule has 1 fully saturated rings. The normalized spacial score (nSPS) is 24.1. The van der Waals surface area contributed by atoms with E-state index in [1.54, 1.807) is 0 Å². The first-order chi connectivity index (χ1) is 7.99. The molecular weight excluding hydrogens is 218 g/mol. The Kier molecular flexibility index (Phi) is 3.04. The second kappa shape index (κ2) is 4.35. The Morgan fingerprint density at radius 1 is 1.35 bits per heavy atom. The number of hydrogen-bond donors (Lipinski definition) is 4. The van der Waals surface area contributed by atoms with Crippen LogP contribution in [0.2, 0.25) is 0 Å². The second-order valence-corrected chi connectivity index (χ2v) is 4.47. The van der Waals surface area contributed by atoms with Crippen LogP contribution in [-0.2, 0) is 0 Å². The van der Waals surface area contributed by atoms with E-state index >= 15 is 0 Å². The number of aliphatic hydroxyl groups is 2. The molecule has 92 valence electrons. The molecule has 2 atom stereocenters. The highest BCUT2D eigenvalue weighted by Crippen LogP contribution is 2.25. The van der Waals surface area contributed by atoms with E-state index in [2.05, 4.69) is 0 Å². The van der Waals surface area contributed by atoms with Gasteiger partial charge in [0, 0.05) is 24.3 Å². The fraction of sp³-hybridized carbons (Fsp3) is 0.417. The summed E-state index contributed by atoms with van der Waals surface area (Å²) in [7, 11) is 0. The van der Waals surface area contributed by atoms with Gasteiger partial charge in [-0.15, -0.1) is 0 Å². The van der Waals surface area contributed by atoms with Gasteiger partial charge in [-0.1, -0.05) is 11.6 Å². The van der Waals surface area contributed by atoms with E-state index in [9.17, 15) is 10.2 Å². The van der Waals surface area contributed by atoms with Crippen LogP contribution in [0.15, 0.2) is 18.2 Å². The molecule has 2 unspecified atom stereocenters. The molecule has 1 aliphatic heterocycles. The average molecular weight is 235 g/mol. The first-order valence-electron chi connectivity index (χ1n) is 5.55. The number of nitrogens with one attached hydrogen (secondary N) is 1. The maximum absolute atomic E-state index is 9.54. The Labute approximate surface area is 100.0 Å². The minimum absolute atomic E-state index is 0.000389. The van der Waals surface area contributed by atoms with E-state index in [0.717, 1.165) is 11.3 Å². The Hall–Kier alpha value is -1.59. The van der Waals surface area contributed by atoms with Crippen molar-refractivity contribution in [3.05, 3.63) is 29.3 Å². The molecule has 5 nitrogen and oxygen atoms in total. The number of aliphatic hydroxyl groups excluding tert-OH is 2. The van der Waals surface area contributed by atoms with Crippen LogP contribution in [0.1, 0.15) is 11.1 Å². The summed E-state index contributed by atoms with van der Waals surface area (Å²) < 4.78 is 0. The summed E-state index contributed by atoms with van der Waals surface area (Å²) in [6.45, 7) is 2.67. The van der Waals surface area contributed by atoms with Crippen LogP contribution in [0.4, 0.5) is 5.69 Å². The van der Waals surface area contributed by atoms with Gasteiger partial charge in [0.2, 0.25) is 0 Å². The van der Waals surface area contributed by atoms with Gasteiger partial charge in [-0.2, -0.15) is 0 Å². The third-order valence-electron chi connectivity index (χ3n) is 3.04. The van der Waals surface area contributed by atoms with E-state index in [1.807, 2.05) is 30.0 Å². The van der Waals surface area contributed by atoms with Crippen molar-refractivity contribution in [3.8, 4) is 0 Å². The Balaban J connectivity index is 2.36. The monoisotopic (exact) mass is 235 g/mol. The summed E-state index contributed by atoms with van der Waals surface area (Å²) >= 11 is 0. The van der Waals surface area contributed by atoms with Gasteiger partial charge in [-0.05, 0) is 19.1 Å². The maximum Gasteiger partial charge on any atom is 0.124 e. The van der Waals surface area contributed by atoms with Gasteiger partial charge < -0.3 is 20.8 Å². The fourth-order valence-electron chi connectivity index (χ4n) is 2.11. The van der Waals surface area contributed by atoms with Crippen LogP contribution in [0.25, 0.3) is 0 Å². The van der Waals surface area contributed by atoms with Gasteiger partial charge in [0.05, 0.1) is 12.2 Å². The van der Waals surface area contributed by atoms with Crippen molar-refractivity contribution in [3.63, 3.8) is 0 Å². The lowest BCUT2D eigenvalue weighted by Gasteiger charge is -2.21. The zero-order chi connectivity index (χ0) is 12.6. The van der Waals surface area contributed by atoms with Gasteiger partial charge in [-0.3, -0.25) is 5.41 Å². The minimum atomic E-state index is -0.740. The molecule has 0 radical (unpaired) electrons. The molecule has 1 aliphatic rings. The highest BCUT2D eigenvalue weighted by atomic mass is 16.3. The third-order valence-corrected chi connectivity index (χ3v) is 3.04. The van der Waals surface area contributed by atoms with E-state index < -0.39 is 12.2 Å². The van der Waals surface area contributed by atoms with Gasteiger partial charge in [0.15, 0.2) is 0 Å². The van der Waals surface area contributed by atoms with Crippen LogP contribution in [0.3, 0.4) is 0 Å². The smallest absolute Gasteiger partial charge is 0.124 e. The lowest BCUT2D eigenvalue weighted by Crippen LogP contribution is -2.25. The first-order valence-corrected chi connectivity index (χ1v) is 5.55. The van der Waals surface area contributed by atoms with Crippen molar-refractivity contribution in [2.75, 3.05) is 18.0 Å². The second-order valence-electron chi connectivity index (χ2n) is 4.47. The molecule has 1 saturated heterocycles. The van der Waals surface area contributed by atoms with Crippen molar-refractivity contribution in [1.82, 2.24) is 0 Å². The highest BCUT2D eigenvalue weighted by Gasteiger charge is 2.30. The minimum Gasteiger partial charge on any atom is -0.389 e. The topological polar surface area (TPSA) is 93.6 Å². The van der Waals surface area contributed by atoms with Crippen molar-refractivity contribution in [2.45, 2.75) is 19.1 Å². The first kappa shape index (κ1) is 11.9. The van der Waals surface area contributed by atoms with Crippen molar-refractivity contribution >= 4 is 11.5 Å². The van der Waals surface area contributed by atoms with Crippen molar-refractivity contribution in [1.29, 1.82) is 5.41 Å². The van der Waals surface area contributed by atoms with Crippen molar-refractivity contribution < 1.29 is 10.2 Å². The number of nitrogens with zero attached hydrogens (tertiary/aromatic N) is 1.